The number of carbonyl (C=O) groups is 2. The number of amides is 2. The molecule has 1 saturated carbocycles. The minimum Gasteiger partial charge on any atom is -0.461 e. The van der Waals surface area contributed by atoms with E-state index in [0.29, 0.717) is 5.01 Å². The number of hydrogen-bond donors (Lipinski definition) is 1. The lowest BCUT2D eigenvalue weighted by atomic mass is 9.94. The molecule has 1 aliphatic rings. The van der Waals surface area contributed by atoms with Gasteiger partial charge in [-0.25, -0.2) is 23.4 Å². The van der Waals surface area contributed by atoms with Crippen molar-refractivity contribution in [3.63, 3.8) is 0 Å². The van der Waals surface area contributed by atoms with E-state index < -0.39 is 23.6 Å². The second kappa shape index (κ2) is 9.78. The zero-order valence-electron chi connectivity index (χ0n) is 16.1. The number of carbonyl (C=O) groups excluding carboxylic acids is 2. The van der Waals surface area contributed by atoms with Gasteiger partial charge in [-0.2, -0.15) is 0 Å². The minimum atomic E-state index is -0.833. The van der Waals surface area contributed by atoms with Crippen LogP contribution in [0.15, 0.2) is 23.6 Å². The van der Waals surface area contributed by atoms with Gasteiger partial charge >= 0.3 is 12.0 Å². The average Bonchev–Trinajstić information content (AvgIpc) is 3.18. The number of urea groups is 1. The van der Waals surface area contributed by atoms with E-state index in [4.69, 9.17) is 4.74 Å². The quantitative estimate of drug-likeness (QED) is 0.667. The molecule has 1 heterocycles. The summed E-state index contributed by atoms with van der Waals surface area (Å²) in [5.74, 6) is -2.04. The summed E-state index contributed by atoms with van der Waals surface area (Å²) < 4.78 is 32.1. The maximum atomic E-state index is 14.0. The first-order valence-electron chi connectivity index (χ1n) is 9.62. The van der Waals surface area contributed by atoms with Crippen LogP contribution in [0, 0.1) is 11.6 Å². The Morgan fingerprint density at radius 2 is 2.03 bits per heavy atom. The van der Waals surface area contributed by atoms with Gasteiger partial charge in [0.05, 0.1) is 18.8 Å². The van der Waals surface area contributed by atoms with Crippen LogP contribution in [0.3, 0.4) is 0 Å². The van der Waals surface area contributed by atoms with Gasteiger partial charge in [0, 0.05) is 17.5 Å². The van der Waals surface area contributed by atoms with Crippen LogP contribution < -0.4 is 5.32 Å². The van der Waals surface area contributed by atoms with E-state index >= 15 is 0 Å². The normalized spacial score (nSPS) is 14.4. The zero-order valence-corrected chi connectivity index (χ0v) is 16.9. The van der Waals surface area contributed by atoms with Gasteiger partial charge in [-0.3, -0.25) is 0 Å². The van der Waals surface area contributed by atoms with E-state index in [0.717, 1.165) is 44.2 Å². The standard InChI is InChI=1S/C20H23F2N3O3S/c1-2-28-19(26)17-12-29-18(23-17)11-25(14-6-4-3-5-7-14)20(27)24-16-9-8-13(21)10-15(16)22/h8-10,12,14H,2-7,11H2,1H3,(H,24,27). The highest BCUT2D eigenvalue weighted by Gasteiger charge is 2.27. The predicted molar refractivity (Wildman–Crippen MR) is 106 cm³/mol. The Morgan fingerprint density at radius 3 is 2.72 bits per heavy atom. The lowest BCUT2D eigenvalue weighted by Gasteiger charge is -2.34. The summed E-state index contributed by atoms with van der Waals surface area (Å²) >= 11 is 1.27. The van der Waals surface area contributed by atoms with E-state index in [-0.39, 0.29) is 30.6 Å². The summed E-state index contributed by atoms with van der Waals surface area (Å²) in [6, 6.07) is 2.53. The molecule has 1 aromatic carbocycles. The predicted octanol–water partition coefficient (Wildman–Crippen LogP) is 4.96. The Morgan fingerprint density at radius 1 is 1.28 bits per heavy atom. The van der Waals surface area contributed by atoms with Crippen LogP contribution in [0.5, 0.6) is 0 Å². The monoisotopic (exact) mass is 423 g/mol. The lowest BCUT2D eigenvalue weighted by Crippen LogP contribution is -2.43. The molecular weight excluding hydrogens is 400 g/mol. The van der Waals surface area contributed by atoms with Crippen molar-refractivity contribution in [2.45, 2.75) is 51.6 Å². The van der Waals surface area contributed by atoms with Gasteiger partial charge in [0.2, 0.25) is 0 Å². The third-order valence-corrected chi connectivity index (χ3v) is 5.62. The number of esters is 1. The molecule has 0 unspecified atom stereocenters. The molecule has 0 aliphatic heterocycles. The maximum absolute atomic E-state index is 14.0. The minimum absolute atomic E-state index is 0.0118. The van der Waals surface area contributed by atoms with Crippen LogP contribution in [-0.2, 0) is 11.3 Å². The van der Waals surface area contributed by atoms with Crippen molar-refractivity contribution in [3.8, 4) is 0 Å². The summed E-state index contributed by atoms with van der Waals surface area (Å²) in [5, 5.41) is 4.73. The number of nitrogens with one attached hydrogen (secondary N) is 1. The van der Waals surface area contributed by atoms with Gasteiger partial charge in [0.25, 0.3) is 0 Å². The number of thiazole rings is 1. The third-order valence-electron chi connectivity index (χ3n) is 4.79. The molecular formula is C20H23F2N3O3S. The fourth-order valence-electron chi connectivity index (χ4n) is 3.37. The number of ether oxygens (including phenoxy) is 1. The summed E-state index contributed by atoms with van der Waals surface area (Å²) in [7, 11) is 0. The maximum Gasteiger partial charge on any atom is 0.357 e. The fourth-order valence-corrected chi connectivity index (χ4v) is 4.13. The molecule has 3 rings (SSSR count). The van der Waals surface area contributed by atoms with Gasteiger partial charge in [0.1, 0.15) is 16.6 Å². The fraction of sp³-hybridized carbons (Fsp3) is 0.450. The number of rotatable bonds is 6. The van der Waals surface area contributed by atoms with Crippen molar-refractivity contribution in [2.75, 3.05) is 11.9 Å². The molecule has 0 saturated heterocycles. The SMILES string of the molecule is CCOC(=O)c1csc(CN(C(=O)Nc2ccc(F)cc2F)C2CCCCC2)n1. The second-order valence-electron chi connectivity index (χ2n) is 6.82. The molecule has 6 nitrogen and oxygen atoms in total. The number of anilines is 1. The number of aromatic nitrogens is 1. The summed E-state index contributed by atoms with van der Waals surface area (Å²) in [6.07, 6.45) is 4.81. The third kappa shape index (κ3) is 5.50. The van der Waals surface area contributed by atoms with Crippen molar-refractivity contribution < 1.29 is 23.1 Å². The summed E-state index contributed by atoms with van der Waals surface area (Å²) in [6.45, 7) is 2.17. The van der Waals surface area contributed by atoms with Crippen LogP contribution in [0.1, 0.15) is 54.5 Å². The van der Waals surface area contributed by atoms with Crippen molar-refractivity contribution in [1.29, 1.82) is 0 Å². The van der Waals surface area contributed by atoms with Crippen molar-refractivity contribution in [3.05, 3.63) is 45.9 Å². The Balaban J connectivity index is 1.77. The van der Waals surface area contributed by atoms with Crippen molar-refractivity contribution >= 4 is 29.0 Å². The highest BCUT2D eigenvalue weighted by Crippen LogP contribution is 2.26. The number of benzene rings is 1. The van der Waals surface area contributed by atoms with E-state index in [1.165, 1.54) is 17.4 Å². The van der Waals surface area contributed by atoms with Gasteiger partial charge in [-0.05, 0) is 31.9 Å². The number of halogens is 2. The molecule has 1 aromatic heterocycles. The van der Waals surface area contributed by atoms with Gasteiger partial charge in [-0.1, -0.05) is 19.3 Å². The second-order valence-corrected chi connectivity index (χ2v) is 7.76. The van der Waals surface area contributed by atoms with Gasteiger partial charge < -0.3 is 15.0 Å². The summed E-state index contributed by atoms with van der Waals surface area (Å²) in [5.41, 5.74) is 0.129. The van der Waals surface area contributed by atoms with Crippen LogP contribution >= 0.6 is 11.3 Å². The molecule has 0 radical (unpaired) electrons. The molecule has 9 heteroatoms. The van der Waals surface area contributed by atoms with E-state index in [9.17, 15) is 18.4 Å². The molecule has 156 valence electrons. The van der Waals surface area contributed by atoms with Crippen molar-refractivity contribution in [1.82, 2.24) is 9.88 Å². The molecule has 29 heavy (non-hydrogen) atoms. The van der Waals surface area contributed by atoms with Crippen molar-refractivity contribution in [2.24, 2.45) is 0 Å². The lowest BCUT2D eigenvalue weighted by molar-refractivity contribution is 0.0520. The largest absolute Gasteiger partial charge is 0.461 e. The first-order valence-corrected chi connectivity index (χ1v) is 10.5. The number of hydrogen-bond acceptors (Lipinski definition) is 5. The Hall–Kier alpha value is -2.55. The Kier molecular flexibility index (Phi) is 7.13. The molecule has 1 aliphatic carbocycles. The zero-order chi connectivity index (χ0) is 20.8. The van der Waals surface area contributed by atoms with Gasteiger partial charge in [0.15, 0.2) is 5.69 Å². The molecule has 2 aromatic rings. The Labute approximate surface area is 171 Å². The molecule has 1 fully saturated rings. The number of nitrogens with zero attached hydrogens (tertiary/aromatic N) is 2. The topological polar surface area (TPSA) is 71.5 Å². The molecule has 0 bridgehead atoms. The van der Waals surface area contributed by atoms with Crippen LogP contribution in [0.2, 0.25) is 0 Å². The highest BCUT2D eigenvalue weighted by atomic mass is 32.1. The smallest absolute Gasteiger partial charge is 0.357 e. The van der Waals surface area contributed by atoms with Gasteiger partial charge in [-0.15, -0.1) is 11.3 Å². The summed E-state index contributed by atoms with van der Waals surface area (Å²) in [4.78, 5) is 30.7. The van der Waals surface area contributed by atoms with Crippen LogP contribution in [0.25, 0.3) is 0 Å². The highest BCUT2D eigenvalue weighted by molar-refractivity contribution is 7.09. The first kappa shape index (κ1) is 21.2. The Bertz CT molecular complexity index is 868. The van der Waals surface area contributed by atoms with E-state index in [2.05, 4.69) is 10.3 Å². The molecule has 0 atom stereocenters. The van der Waals surface area contributed by atoms with E-state index in [1.807, 2.05) is 0 Å². The van der Waals surface area contributed by atoms with Crippen LogP contribution in [-0.4, -0.2) is 34.5 Å². The van der Waals surface area contributed by atoms with Crippen LogP contribution in [0.4, 0.5) is 19.3 Å². The molecule has 0 spiro atoms. The first-order chi connectivity index (χ1) is 14.0. The van der Waals surface area contributed by atoms with E-state index in [1.54, 1.807) is 17.2 Å². The average molecular weight is 423 g/mol. The molecule has 1 N–H and O–H groups in total. The molecule has 2 amide bonds.